The molecular formula is C14H22N2S. The average Bonchev–Trinajstić information content (AvgIpc) is 3.05. The molecule has 3 heteroatoms. The third-order valence-corrected chi connectivity index (χ3v) is 5.78. The number of nitrogens with one attached hydrogen (secondary N) is 1. The van der Waals surface area contributed by atoms with Crippen LogP contribution in [0, 0.1) is 17.8 Å². The van der Waals surface area contributed by atoms with Crippen molar-refractivity contribution in [1.82, 2.24) is 10.3 Å². The number of hydrogen-bond donors (Lipinski definition) is 1. The summed E-state index contributed by atoms with van der Waals surface area (Å²) in [7, 11) is 0. The average molecular weight is 250 g/mol. The Labute approximate surface area is 108 Å². The van der Waals surface area contributed by atoms with Gasteiger partial charge in [0.1, 0.15) is 0 Å². The first-order valence-corrected chi connectivity index (χ1v) is 7.76. The van der Waals surface area contributed by atoms with Crippen molar-refractivity contribution in [3.05, 3.63) is 16.6 Å². The van der Waals surface area contributed by atoms with Crippen molar-refractivity contribution >= 4 is 11.3 Å². The molecule has 0 amide bonds. The van der Waals surface area contributed by atoms with E-state index < -0.39 is 0 Å². The zero-order valence-corrected chi connectivity index (χ0v) is 11.5. The third-order valence-electron chi connectivity index (χ3n) is 4.83. The predicted octanol–water partition coefficient (Wildman–Crippen LogP) is 3.62. The SMILES string of the molecule is CC(NC(C)C1CC2CCC1C2)c1cncs1. The van der Waals surface area contributed by atoms with E-state index in [-0.39, 0.29) is 0 Å². The topological polar surface area (TPSA) is 24.9 Å². The first kappa shape index (κ1) is 11.7. The summed E-state index contributed by atoms with van der Waals surface area (Å²) in [6, 6.07) is 1.11. The second kappa shape index (κ2) is 4.69. The van der Waals surface area contributed by atoms with Crippen molar-refractivity contribution in [3.63, 3.8) is 0 Å². The van der Waals surface area contributed by atoms with Crippen LogP contribution < -0.4 is 5.32 Å². The van der Waals surface area contributed by atoms with E-state index in [2.05, 4.69) is 24.1 Å². The Morgan fingerprint density at radius 3 is 2.82 bits per heavy atom. The summed E-state index contributed by atoms with van der Waals surface area (Å²) in [6.07, 6.45) is 7.95. The molecule has 1 N–H and O–H groups in total. The van der Waals surface area contributed by atoms with Crippen LogP contribution in [0.1, 0.15) is 50.4 Å². The van der Waals surface area contributed by atoms with Gasteiger partial charge in [-0.2, -0.15) is 0 Å². The van der Waals surface area contributed by atoms with Gasteiger partial charge in [0.25, 0.3) is 0 Å². The number of fused-ring (bicyclic) bond motifs is 2. The minimum Gasteiger partial charge on any atom is -0.307 e. The molecule has 5 unspecified atom stereocenters. The van der Waals surface area contributed by atoms with E-state index in [9.17, 15) is 0 Å². The molecule has 0 saturated heterocycles. The molecule has 2 nitrogen and oxygen atoms in total. The van der Waals surface area contributed by atoms with E-state index >= 15 is 0 Å². The van der Waals surface area contributed by atoms with Gasteiger partial charge in [-0.3, -0.25) is 4.98 Å². The molecule has 2 bridgehead atoms. The Kier molecular flexibility index (Phi) is 3.22. The maximum absolute atomic E-state index is 4.16. The molecule has 94 valence electrons. The third kappa shape index (κ3) is 2.27. The molecule has 0 spiro atoms. The van der Waals surface area contributed by atoms with Crippen molar-refractivity contribution in [2.75, 3.05) is 0 Å². The van der Waals surface area contributed by atoms with E-state index in [1.807, 2.05) is 11.7 Å². The van der Waals surface area contributed by atoms with Crippen molar-refractivity contribution in [2.24, 2.45) is 17.8 Å². The highest BCUT2D eigenvalue weighted by Crippen LogP contribution is 2.49. The molecule has 17 heavy (non-hydrogen) atoms. The van der Waals surface area contributed by atoms with Gasteiger partial charge in [-0.15, -0.1) is 11.3 Å². The zero-order valence-electron chi connectivity index (χ0n) is 10.7. The Bertz CT molecular complexity index is 362. The van der Waals surface area contributed by atoms with Crippen LogP contribution in [0.2, 0.25) is 0 Å². The van der Waals surface area contributed by atoms with E-state index in [0.29, 0.717) is 12.1 Å². The summed E-state index contributed by atoms with van der Waals surface area (Å²) < 4.78 is 0. The van der Waals surface area contributed by atoms with E-state index in [1.165, 1.54) is 30.6 Å². The monoisotopic (exact) mass is 250 g/mol. The fourth-order valence-electron chi connectivity index (χ4n) is 3.95. The van der Waals surface area contributed by atoms with Gasteiger partial charge in [0.2, 0.25) is 0 Å². The Hall–Kier alpha value is -0.410. The number of hydrogen-bond acceptors (Lipinski definition) is 3. The maximum atomic E-state index is 4.16. The van der Waals surface area contributed by atoms with Crippen molar-refractivity contribution < 1.29 is 0 Å². The van der Waals surface area contributed by atoms with Crippen LogP contribution in [-0.2, 0) is 0 Å². The first-order valence-electron chi connectivity index (χ1n) is 6.88. The smallest absolute Gasteiger partial charge is 0.0794 e. The minimum absolute atomic E-state index is 0.455. The normalized spacial score (nSPS) is 35.1. The van der Waals surface area contributed by atoms with Crippen molar-refractivity contribution in [1.29, 1.82) is 0 Å². The van der Waals surface area contributed by atoms with Crippen LogP contribution in [0.3, 0.4) is 0 Å². The minimum atomic E-state index is 0.455. The zero-order chi connectivity index (χ0) is 11.8. The highest BCUT2D eigenvalue weighted by molar-refractivity contribution is 7.09. The van der Waals surface area contributed by atoms with Crippen molar-refractivity contribution in [2.45, 2.75) is 51.6 Å². The van der Waals surface area contributed by atoms with E-state index in [4.69, 9.17) is 0 Å². The molecule has 3 rings (SSSR count). The molecule has 0 aromatic carbocycles. The summed E-state index contributed by atoms with van der Waals surface area (Å²) in [5.41, 5.74) is 1.93. The Morgan fingerprint density at radius 1 is 1.35 bits per heavy atom. The molecular weight excluding hydrogens is 228 g/mol. The standard InChI is InChI=1S/C14H22N2S/c1-9(13-6-11-3-4-12(13)5-11)16-10(2)14-7-15-8-17-14/h7-13,16H,3-6H2,1-2H3. The number of aromatic nitrogens is 1. The molecule has 5 atom stereocenters. The second-order valence-electron chi connectivity index (χ2n) is 5.92. The van der Waals surface area contributed by atoms with Crippen LogP contribution >= 0.6 is 11.3 Å². The lowest BCUT2D eigenvalue weighted by Gasteiger charge is -2.30. The van der Waals surface area contributed by atoms with Gasteiger partial charge in [-0.05, 0) is 50.9 Å². The van der Waals surface area contributed by atoms with Gasteiger partial charge in [0.15, 0.2) is 0 Å². The van der Waals surface area contributed by atoms with Gasteiger partial charge in [0.05, 0.1) is 5.51 Å². The van der Waals surface area contributed by atoms with Gasteiger partial charge >= 0.3 is 0 Å². The summed E-state index contributed by atoms with van der Waals surface area (Å²) in [4.78, 5) is 5.53. The van der Waals surface area contributed by atoms with Crippen LogP contribution in [0.15, 0.2) is 11.7 Å². The fraction of sp³-hybridized carbons (Fsp3) is 0.786. The molecule has 2 saturated carbocycles. The lowest BCUT2D eigenvalue weighted by Crippen LogP contribution is -2.37. The van der Waals surface area contributed by atoms with Gasteiger partial charge < -0.3 is 5.32 Å². The van der Waals surface area contributed by atoms with Crippen LogP contribution in [0.4, 0.5) is 0 Å². The lowest BCUT2D eigenvalue weighted by molar-refractivity contribution is 0.249. The molecule has 2 aliphatic carbocycles. The van der Waals surface area contributed by atoms with Crippen LogP contribution in [0.25, 0.3) is 0 Å². The lowest BCUT2D eigenvalue weighted by atomic mass is 9.84. The molecule has 1 heterocycles. The predicted molar refractivity (Wildman–Crippen MR) is 72.1 cm³/mol. The molecule has 0 radical (unpaired) electrons. The molecule has 0 aliphatic heterocycles. The molecule has 1 aromatic rings. The summed E-state index contributed by atoms with van der Waals surface area (Å²) >= 11 is 1.76. The second-order valence-corrected chi connectivity index (χ2v) is 6.84. The van der Waals surface area contributed by atoms with Crippen molar-refractivity contribution in [3.8, 4) is 0 Å². The highest BCUT2D eigenvalue weighted by Gasteiger charge is 2.41. The number of thiazole rings is 1. The molecule has 1 aromatic heterocycles. The van der Waals surface area contributed by atoms with Crippen LogP contribution in [0.5, 0.6) is 0 Å². The first-order chi connectivity index (χ1) is 8.24. The summed E-state index contributed by atoms with van der Waals surface area (Å²) in [6.45, 7) is 4.64. The van der Waals surface area contributed by atoms with E-state index in [1.54, 1.807) is 11.3 Å². The van der Waals surface area contributed by atoms with E-state index in [0.717, 1.165) is 17.8 Å². The highest BCUT2D eigenvalue weighted by atomic mass is 32.1. The van der Waals surface area contributed by atoms with Gasteiger partial charge in [0, 0.05) is 23.2 Å². The Morgan fingerprint density at radius 2 is 2.24 bits per heavy atom. The fourth-order valence-corrected chi connectivity index (χ4v) is 4.58. The Balaban J connectivity index is 1.58. The molecule has 2 aliphatic rings. The summed E-state index contributed by atoms with van der Waals surface area (Å²) in [5.74, 6) is 2.98. The maximum Gasteiger partial charge on any atom is 0.0794 e. The van der Waals surface area contributed by atoms with Gasteiger partial charge in [-0.1, -0.05) is 6.42 Å². The number of nitrogens with zero attached hydrogens (tertiary/aromatic N) is 1. The summed E-state index contributed by atoms with van der Waals surface area (Å²) in [5, 5.41) is 3.78. The quantitative estimate of drug-likeness (QED) is 0.883. The van der Waals surface area contributed by atoms with Crippen LogP contribution in [-0.4, -0.2) is 11.0 Å². The number of rotatable bonds is 4. The van der Waals surface area contributed by atoms with Gasteiger partial charge in [-0.25, -0.2) is 0 Å². The largest absolute Gasteiger partial charge is 0.307 e. The molecule has 2 fully saturated rings.